The number of primary amides is 1. The molecule has 2 fully saturated rings. The summed E-state index contributed by atoms with van der Waals surface area (Å²) in [6.07, 6.45) is 0.227. The first-order chi connectivity index (χ1) is 17.9. The van der Waals surface area contributed by atoms with Gasteiger partial charge in [0.2, 0.25) is 5.91 Å². The maximum Gasteiger partial charge on any atom is 0.235 e. The summed E-state index contributed by atoms with van der Waals surface area (Å²) in [5.74, 6) is -11.8. The van der Waals surface area contributed by atoms with Gasteiger partial charge < -0.3 is 21.1 Å². The van der Waals surface area contributed by atoms with Crippen LogP contribution in [0.15, 0.2) is 36.4 Å². The van der Waals surface area contributed by atoms with E-state index in [1.807, 2.05) is 0 Å². The van der Waals surface area contributed by atoms with Crippen LogP contribution >= 0.6 is 0 Å². The Bertz CT molecular complexity index is 1390. The van der Waals surface area contributed by atoms with Crippen molar-refractivity contribution in [3.05, 3.63) is 53.1 Å². The van der Waals surface area contributed by atoms with Gasteiger partial charge in [0.1, 0.15) is 5.75 Å². The lowest BCUT2D eigenvalue weighted by molar-refractivity contribution is -0.182. The molecule has 198 valence electrons. The minimum atomic E-state index is -2.70. The minimum absolute atomic E-state index is 0.0302. The van der Waals surface area contributed by atoms with Crippen molar-refractivity contribution in [2.75, 3.05) is 0 Å². The highest BCUT2D eigenvalue weighted by Crippen LogP contribution is 2.53. The summed E-state index contributed by atoms with van der Waals surface area (Å²) in [6, 6.07) is 10.1. The number of amides is 1. The molecule has 6 atom stereocenters. The Hall–Kier alpha value is -3.69. The molecule has 2 aromatic carbocycles. The molecule has 3 aliphatic carbocycles. The maximum atomic E-state index is 13.9. The second-order valence-electron chi connectivity index (χ2n) is 11.0. The molecule has 2 unspecified atom stereocenters. The van der Waals surface area contributed by atoms with Crippen LogP contribution in [0, 0.1) is 35.5 Å². The molecule has 1 amide bonds. The Morgan fingerprint density at radius 2 is 1.71 bits per heavy atom. The van der Waals surface area contributed by atoms with Gasteiger partial charge >= 0.3 is 0 Å². The summed E-state index contributed by atoms with van der Waals surface area (Å²) in [4.78, 5) is 66.3. The number of ketones is 4. The number of fused-ring (bicyclic) bond motifs is 3. The molecule has 9 nitrogen and oxygen atoms in total. The van der Waals surface area contributed by atoms with E-state index in [0.717, 1.165) is 5.56 Å². The lowest BCUT2D eigenvalue weighted by Crippen LogP contribution is -2.71. The molecular formula is C29H29NO8. The predicted molar refractivity (Wildman–Crippen MR) is 134 cm³/mol. The van der Waals surface area contributed by atoms with Gasteiger partial charge in [-0.2, -0.15) is 0 Å². The first-order valence-electron chi connectivity index (χ1n) is 12.7. The highest BCUT2D eigenvalue weighted by Gasteiger charge is 2.69. The summed E-state index contributed by atoms with van der Waals surface area (Å²) in [5.41, 5.74) is 5.26. The second-order valence-corrected chi connectivity index (χ2v) is 11.0. The van der Waals surface area contributed by atoms with Crippen LogP contribution < -0.4 is 5.73 Å². The predicted octanol–water partition coefficient (Wildman–Crippen LogP) is 1.37. The molecule has 2 aromatic rings. The molecule has 5 rings (SSSR count). The third-order valence-electron chi connectivity index (χ3n) is 8.64. The van der Waals surface area contributed by atoms with E-state index in [4.69, 9.17) is 5.73 Å². The van der Waals surface area contributed by atoms with Gasteiger partial charge in [-0.1, -0.05) is 44.2 Å². The van der Waals surface area contributed by atoms with Crippen LogP contribution in [0.2, 0.25) is 0 Å². The van der Waals surface area contributed by atoms with Gasteiger partial charge in [-0.15, -0.1) is 0 Å². The fraction of sp³-hybridized carbons (Fsp3) is 0.414. The van der Waals surface area contributed by atoms with Crippen molar-refractivity contribution < 1.29 is 39.3 Å². The molecule has 38 heavy (non-hydrogen) atoms. The summed E-state index contributed by atoms with van der Waals surface area (Å²) in [6.45, 7) is 3.29. The molecule has 0 aromatic heterocycles. The van der Waals surface area contributed by atoms with Crippen LogP contribution in [0.4, 0.5) is 0 Å². The number of hydrogen-bond donors (Lipinski definition) is 4. The van der Waals surface area contributed by atoms with Gasteiger partial charge in [-0.25, -0.2) is 0 Å². The third kappa shape index (κ3) is 3.49. The molecule has 2 saturated carbocycles. The van der Waals surface area contributed by atoms with Gasteiger partial charge in [0, 0.05) is 11.8 Å². The zero-order valence-electron chi connectivity index (χ0n) is 21.0. The van der Waals surface area contributed by atoms with E-state index in [1.165, 1.54) is 6.07 Å². The number of aliphatic hydroxyl groups is 2. The molecule has 3 aliphatic rings. The topological polar surface area (TPSA) is 172 Å². The fourth-order valence-electron chi connectivity index (χ4n) is 6.91. The Morgan fingerprint density at radius 3 is 2.29 bits per heavy atom. The van der Waals surface area contributed by atoms with Crippen molar-refractivity contribution in [1.82, 2.24) is 0 Å². The average Bonchev–Trinajstić information content (AvgIpc) is 2.86. The van der Waals surface area contributed by atoms with E-state index < -0.39 is 70.1 Å². The Labute approximate surface area is 218 Å². The number of Topliss-reactive ketones (excluding diaryl/α,β-unsaturated/α-hetero) is 4. The number of carbonyl (C=O) groups is 5. The summed E-state index contributed by atoms with van der Waals surface area (Å²) < 4.78 is 0. The number of nitrogens with two attached hydrogens (primary N) is 1. The number of aliphatic hydroxyl groups excluding tert-OH is 1. The first-order valence-corrected chi connectivity index (χ1v) is 12.7. The first kappa shape index (κ1) is 25.9. The van der Waals surface area contributed by atoms with E-state index in [-0.39, 0.29) is 30.8 Å². The molecule has 0 bridgehead atoms. The molecular weight excluding hydrogens is 490 g/mol. The van der Waals surface area contributed by atoms with Crippen LogP contribution in [0.3, 0.4) is 0 Å². The van der Waals surface area contributed by atoms with Crippen molar-refractivity contribution in [3.63, 3.8) is 0 Å². The molecule has 0 spiro atoms. The van der Waals surface area contributed by atoms with Crippen molar-refractivity contribution in [1.29, 1.82) is 0 Å². The highest BCUT2D eigenvalue weighted by atomic mass is 16.3. The third-order valence-corrected chi connectivity index (χ3v) is 8.64. The average molecular weight is 520 g/mol. The Morgan fingerprint density at radius 1 is 1.05 bits per heavy atom. The van der Waals surface area contributed by atoms with Crippen LogP contribution in [0.25, 0.3) is 11.1 Å². The van der Waals surface area contributed by atoms with Crippen molar-refractivity contribution >= 4 is 29.0 Å². The number of benzene rings is 2. The van der Waals surface area contributed by atoms with Crippen LogP contribution in [0.1, 0.15) is 41.8 Å². The zero-order valence-corrected chi connectivity index (χ0v) is 21.0. The van der Waals surface area contributed by atoms with Crippen LogP contribution in [-0.2, 0) is 32.2 Å². The normalized spacial score (nSPS) is 30.6. The van der Waals surface area contributed by atoms with Gasteiger partial charge in [0.05, 0.1) is 18.1 Å². The van der Waals surface area contributed by atoms with Gasteiger partial charge in [-0.05, 0) is 53.0 Å². The molecule has 9 heteroatoms. The monoisotopic (exact) mass is 519 g/mol. The van der Waals surface area contributed by atoms with Crippen molar-refractivity contribution in [2.45, 2.75) is 38.9 Å². The highest BCUT2D eigenvalue weighted by molar-refractivity contribution is 6.32. The number of hydrogen-bond acceptors (Lipinski definition) is 8. The largest absolute Gasteiger partial charge is 0.507 e. The lowest BCUT2D eigenvalue weighted by atomic mass is 9.49. The van der Waals surface area contributed by atoms with Gasteiger partial charge in [-0.3, -0.25) is 24.0 Å². The maximum absolute atomic E-state index is 13.9. The number of aromatic hydroxyl groups is 1. The van der Waals surface area contributed by atoms with E-state index in [2.05, 4.69) is 0 Å². The number of carbonyl (C=O) groups excluding carboxylic acids is 5. The summed E-state index contributed by atoms with van der Waals surface area (Å²) >= 11 is 0. The quantitative estimate of drug-likeness (QED) is 0.439. The van der Waals surface area contributed by atoms with Gasteiger partial charge in [0.25, 0.3) is 0 Å². The fourth-order valence-corrected chi connectivity index (χ4v) is 6.91. The smallest absolute Gasteiger partial charge is 0.235 e. The SMILES string of the molecule is CC(C)[C@@H]1C(=O)C(C(N)=O)C(=O)[C@@]2(O)C(=O)C3C(=O)c4c(O)ccc(-c5ccc(CO)cc5)c4C[C@H]3C[C@@H]12. The Balaban J connectivity index is 1.64. The van der Waals surface area contributed by atoms with E-state index in [0.29, 0.717) is 16.7 Å². The van der Waals surface area contributed by atoms with E-state index in [1.54, 1.807) is 44.2 Å². The minimum Gasteiger partial charge on any atom is -0.507 e. The van der Waals surface area contributed by atoms with Crippen LogP contribution in [-0.4, -0.2) is 50.0 Å². The summed E-state index contributed by atoms with van der Waals surface area (Å²) in [7, 11) is 0. The van der Waals surface area contributed by atoms with E-state index in [9.17, 15) is 39.3 Å². The Kier molecular flexibility index (Phi) is 6.11. The number of phenolic OH excluding ortho intramolecular Hbond substituents is 1. The van der Waals surface area contributed by atoms with Crippen molar-refractivity contribution in [2.24, 2.45) is 41.2 Å². The zero-order chi connectivity index (χ0) is 27.7. The number of phenols is 1. The van der Waals surface area contributed by atoms with Crippen LogP contribution in [0.5, 0.6) is 5.75 Å². The van der Waals surface area contributed by atoms with E-state index >= 15 is 0 Å². The molecule has 0 aliphatic heterocycles. The van der Waals surface area contributed by atoms with Crippen molar-refractivity contribution in [3.8, 4) is 16.9 Å². The standard InChI is InChI=1S/C29H29NO8/c1-12(2)20-18-10-15-9-17-16(14-5-3-13(11-31)4-6-14)7-8-19(32)22(17)25(34)21(15)26(35)29(18,38)27(36)23(24(20)33)28(30)37/h3-8,12,15,18,20-21,23,31-32,38H,9-11H2,1-2H3,(H2,30,37)/t15-,18-,20-,21?,23?,29-/m0/s1. The second kappa shape index (κ2) is 8.96. The lowest BCUT2D eigenvalue weighted by Gasteiger charge is -2.52. The molecule has 0 saturated heterocycles. The molecule has 5 N–H and O–H groups in total. The van der Waals surface area contributed by atoms with Gasteiger partial charge in [0.15, 0.2) is 34.7 Å². The summed E-state index contributed by atoms with van der Waals surface area (Å²) in [5, 5.41) is 31.7. The number of rotatable bonds is 4. The molecule has 0 radical (unpaired) electrons. The molecule has 0 heterocycles.